The first-order valence-corrected chi connectivity index (χ1v) is 6.01. The van der Waals surface area contributed by atoms with Crippen molar-refractivity contribution in [3.63, 3.8) is 0 Å². The van der Waals surface area contributed by atoms with Gasteiger partial charge in [0.15, 0.2) is 0 Å². The Bertz CT molecular complexity index is 243. The zero-order valence-electron chi connectivity index (χ0n) is 10.00. The third-order valence-corrected chi connectivity index (χ3v) is 2.81. The number of hydrogen-bond donors (Lipinski definition) is 1. The van der Waals surface area contributed by atoms with Gasteiger partial charge in [-0.15, -0.1) is 0 Å². The maximum atomic E-state index is 3.23. The molecule has 0 aromatic heterocycles. The summed E-state index contributed by atoms with van der Waals surface area (Å²) in [5.41, 5.74) is 1.47. The van der Waals surface area contributed by atoms with Crippen LogP contribution in [0.25, 0.3) is 0 Å². The minimum Gasteiger partial charge on any atom is -0.319 e. The second-order valence-electron chi connectivity index (χ2n) is 4.39. The Balaban J connectivity index is 2.07. The first-order chi connectivity index (χ1) is 7.33. The van der Waals surface area contributed by atoms with Crippen LogP contribution < -0.4 is 5.32 Å². The summed E-state index contributed by atoms with van der Waals surface area (Å²) < 4.78 is 0. The maximum absolute atomic E-state index is 3.23. The summed E-state index contributed by atoms with van der Waals surface area (Å²) in [6.45, 7) is 3.46. The van der Waals surface area contributed by atoms with Crippen molar-refractivity contribution in [3.05, 3.63) is 35.9 Å². The van der Waals surface area contributed by atoms with Gasteiger partial charge in [0.1, 0.15) is 0 Å². The molecule has 0 bridgehead atoms. The van der Waals surface area contributed by atoms with Gasteiger partial charge in [-0.25, -0.2) is 0 Å². The van der Waals surface area contributed by atoms with Gasteiger partial charge in [-0.2, -0.15) is 0 Å². The van der Waals surface area contributed by atoms with E-state index in [1.165, 1.54) is 31.2 Å². The summed E-state index contributed by atoms with van der Waals surface area (Å²) in [6, 6.07) is 10.8. The van der Waals surface area contributed by atoms with Crippen LogP contribution in [0.1, 0.15) is 31.7 Å². The van der Waals surface area contributed by atoms with Crippen LogP contribution in [0, 0.1) is 5.92 Å². The van der Waals surface area contributed by atoms with Crippen LogP contribution in [0.4, 0.5) is 0 Å². The van der Waals surface area contributed by atoms with E-state index in [0.29, 0.717) is 0 Å². The van der Waals surface area contributed by atoms with E-state index in [1.807, 2.05) is 7.05 Å². The largest absolute Gasteiger partial charge is 0.319 e. The fraction of sp³-hybridized carbons (Fsp3) is 0.571. The van der Waals surface area contributed by atoms with Gasteiger partial charge in [-0.1, -0.05) is 43.7 Å². The first kappa shape index (κ1) is 12.3. The Labute approximate surface area is 93.9 Å². The summed E-state index contributed by atoms with van der Waals surface area (Å²) in [4.78, 5) is 0. The van der Waals surface area contributed by atoms with E-state index >= 15 is 0 Å². The molecule has 0 aliphatic rings. The summed E-state index contributed by atoms with van der Waals surface area (Å²) in [5, 5.41) is 3.23. The van der Waals surface area contributed by atoms with Crippen LogP contribution in [0.3, 0.4) is 0 Å². The summed E-state index contributed by atoms with van der Waals surface area (Å²) in [6.07, 6.45) is 5.23. The zero-order chi connectivity index (χ0) is 10.9. The molecule has 0 radical (unpaired) electrons. The van der Waals surface area contributed by atoms with Crippen molar-refractivity contribution in [2.75, 3.05) is 13.6 Å². The topological polar surface area (TPSA) is 12.0 Å². The lowest BCUT2D eigenvalue weighted by Gasteiger charge is -2.09. The highest BCUT2D eigenvalue weighted by molar-refractivity contribution is 5.14. The van der Waals surface area contributed by atoms with Crippen LogP contribution in [0.5, 0.6) is 0 Å². The van der Waals surface area contributed by atoms with E-state index in [0.717, 1.165) is 12.5 Å². The van der Waals surface area contributed by atoms with E-state index in [9.17, 15) is 0 Å². The molecule has 0 saturated carbocycles. The molecule has 1 aromatic rings. The smallest absolute Gasteiger partial charge is 0.00262 e. The second-order valence-corrected chi connectivity index (χ2v) is 4.39. The molecule has 1 nitrogen and oxygen atoms in total. The lowest BCUT2D eigenvalue weighted by molar-refractivity contribution is 0.477. The minimum absolute atomic E-state index is 0.811. The van der Waals surface area contributed by atoms with Crippen LogP contribution in [-0.2, 0) is 6.42 Å². The molecular formula is C14H23N. The SMILES string of the molecule is CNCC(C)CCCCc1ccccc1. The van der Waals surface area contributed by atoms with Crippen molar-refractivity contribution >= 4 is 0 Å². The van der Waals surface area contributed by atoms with Gasteiger partial charge in [-0.3, -0.25) is 0 Å². The van der Waals surface area contributed by atoms with Gasteiger partial charge in [0.05, 0.1) is 0 Å². The van der Waals surface area contributed by atoms with E-state index < -0.39 is 0 Å². The zero-order valence-corrected chi connectivity index (χ0v) is 10.00. The highest BCUT2D eigenvalue weighted by Crippen LogP contribution is 2.10. The lowest BCUT2D eigenvalue weighted by atomic mass is 10.0. The minimum atomic E-state index is 0.811. The predicted molar refractivity (Wildman–Crippen MR) is 67.1 cm³/mol. The molecule has 0 heterocycles. The van der Waals surface area contributed by atoms with Gasteiger partial charge in [0, 0.05) is 0 Å². The number of benzene rings is 1. The third-order valence-electron chi connectivity index (χ3n) is 2.81. The molecular weight excluding hydrogens is 182 g/mol. The highest BCUT2D eigenvalue weighted by Gasteiger charge is 1.99. The third kappa shape index (κ3) is 5.58. The second kappa shape index (κ2) is 7.47. The Morgan fingerprint density at radius 1 is 1.13 bits per heavy atom. The Hall–Kier alpha value is -0.820. The van der Waals surface area contributed by atoms with Gasteiger partial charge in [0.2, 0.25) is 0 Å². The standard InChI is InChI=1S/C14H23N/c1-13(12-15-2)8-6-7-11-14-9-4-3-5-10-14/h3-5,9-10,13,15H,6-8,11-12H2,1-2H3. The number of nitrogens with one attached hydrogen (secondary N) is 1. The van der Waals surface area contributed by atoms with E-state index in [4.69, 9.17) is 0 Å². The van der Waals surface area contributed by atoms with Gasteiger partial charge < -0.3 is 5.32 Å². The summed E-state index contributed by atoms with van der Waals surface area (Å²) in [5.74, 6) is 0.811. The normalized spacial score (nSPS) is 12.7. The molecule has 1 atom stereocenters. The van der Waals surface area contributed by atoms with Gasteiger partial charge in [-0.05, 0) is 44.3 Å². The van der Waals surface area contributed by atoms with E-state index in [1.54, 1.807) is 0 Å². The Kier molecular flexibility index (Phi) is 6.10. The monoisotopic (exact) mass is 205 g/mol. The average Bonchev–Trinajstić information content (AvgIpc) is 2.26. The Morgan fingerprint density at radius 3 is 2.53 bits per heavy atom. The van der Waals surface area contributed by atoms with E-state index in [-0.39, 0.29) is 0 Å². The van der Waals surface area contributed by atoms with Gasteiger partial charge >= 0.3 is 0 Å². The molecule has 0 aliphatic carbocycles. The van der Waals surface area contributed by atoms with Crippen LogP contribution in [0.15, 0.2) is 30.3 Å². The molecule has 0 aliphatic heterocycles. The summed E-state index contributed by atoms with van der Waals surface area (Å²) in [7, 11) is 2.03. The molecule has 84 valence electrons. The lowest BCUT2D eigenvalue weighted by Crippen LogP contribution is -2.15. The predicted octanol–water partition coefficient (Wildman–Crippen LogP) is 3.25. The van der Waals surface area contributed by atoms with Crippen LogP contribution in [-0.4, -0.2) is 13.6 Å². The van der Waals surface area contributed by atoms with Crippen molar-refractivity contribution in [1.82, 2.24) is 5.32 Å². The molecule has 1 heteroatoms. The first-order valence-electron chi connectivity index (χ1n) is 6.01. The highest BCUT2D eigenvalue weighted by atomic mass is 14.8. The summed E-state index contributed by atoms with van der Waals surface area (Å²) >= 11 is 0. The van der Waals surface area contributed by atoms with Crippen LogP contribution >= 0.6 is 0 Å². The maximum Gasteiger partial charge on any atom is -0.00262 e. The molecule has 1 N–H and O–H groups in total. The number of unbranched alkanes of at least 4 members (excludes halogenated alkanes) is 1. The number of hydrogen-bond acceptors (Lipinski definition) is 1. The molecule has 15 heavy (non-hydrogen) atoms. The van der Waals surface area contributed by atoms with Crippen molar-refractivity contribution in [2.24, 2.45) is 5.92 Å². The fourth-order valence-electron chi connectivity index (χ4n) is 1.92. The number of aryl methyl sites for hydroxylation is 1. The average molecular weight is 205 g/mol. The number of rotatable bonds is 7. The molecule has 0 saturated heterocycles. The van der Waals surface area contributed by atoms with E-state index in [2.05, 4.69) is 42.6 Å². The molecule has 0 spiro atoms. The van der Waals surface area contributed by atoms with Gasteiger partial charge in [0.25, 0.3) is 0 Å². The van der Waals surface area contributed by atoms with Crippen molar-refractivity contribution in [1.29, 1.82) is 0 Å². The quantitative estimate of drug-likeness (QED) is 0.674. The van der Waals surface area contributed by atoms with Crippen LogP contribution in [0.2, 0.25) is 0 Å². The molecule has 1 rings (SSSR count). The molecule has 0 amide bonds. The van der Waals surface area contributed by atoms with Crippen molar-refractivity contribution in [3.8, 4) is 0 Å². The Morgan fingerprint density at radius 2 is 1.87 bits per heavy atom. The molecule has 1 unspecified atom stereocenters. The van der Waals surface area contributed by atoms with Crippen molar-refractivity contribution < 1.29 is 0 Å². The van der Waals surface area contributed by atoms with Crippen molar-refractivity contribution in [2.45, 2.75) is 32.6 Å². The molecule has 0 fully saturated rings. The molecule has 1 aromatic carbocycles. The fourth-order valence-corrected chi connectivity index (χ4v) is 1.92.